The number of imidazole rings is 1. The SMILES string of the molecule is CC(C)c1ccc(C=Nc2c(-c3ccc(C(C)C)cc3)nc3n2CCS3)cc1. The van der Waals surface area contributed by atoms with Crippen molar-refractivity contribution in [3.05, 3.63) is 65.2 Å². The molecule has 0 unspecified atom stereocenters. The summed E-state index contributed by atoms with van der Waals surface area (Å²) in [6, 6.07) is 17.4. The summed E-state index contributed by atoms with van der Waals surface area (Å²) in [6.07, 6.45) is 1.96. The minimum atomic E-state index is 0.530. The summed E-state index contributed by atoms with van der Waals surface area (Å²) in [5, 5.41) is 1.07. The van der Waals surface area contributed by atoms with Gasteiger partial charge in [-0.2, -0.15) is 0 Å². The fourth-order valence-electron chi connectivity index (χ4n) is 3.42. The summed E-state index contributed by atoms with van der Waals surface area (Å²) < 4.78 is 2.25. The lowest BCUT2D eigenvalue weighted by molar-refractivity contribution is 0.723. The normalized spacial score (nSPS) is 13.8. The number of benzene rings is 2. The molecule has 0 saturated carbocycles. The first-order chi connectivity index (χ1) is 13.5. The molecular weight excluding hydrogens is 362 g/mol. The molecule has 144 valence electrons. The highest BCUT2D eigenvalue weighted by Crippen LogP contribution is 2.38. The van der Waals surface area contributed by atoms with E-state index in [1.807, 2.05) is 18.0 Å². The molecule has 1 aliphatic rings. The summed E-state index contributed by atoms with van der Waals surface area (Å²) in [5.74, 6) is 3.11. The van der Waals surface area contributed by atoms with Crippen LogP contribution in [-0.2, 0) is 6.54 Å². The largest absolute Gasteiger partial charge is 0.303 e. The predicted octanol–water partition coefficient (Wildman–Crippen LogP) is 6.65. The van der Waals surface area contributed by atoms with Crippen LogP contribution in [0.25, 0.3) is 11.3 Å². The Hall–Kier alpha value is -2.33. The van der Waals surface area contributed by atoms with E-state index in [9.17, 15) is 0 Å². The van der Waals surface area contributed by atoms with E-state index in [2.05, 4.69) is 80.8 Å². The summed E-state index contributed by atoms with van der Waals surface area (Å²) in [7, 11) is 0. The van der Waals surface area contributed by atoms with Gasteiger partial charge >= 0.3 is 0 Å². The van der Waals surface area contributed by atoms with E-state index in [0.717, 1.165) is 40.1 Å². The summed E-state index contributed by atoms with van der Waals surface area (Å²) in [5.41, 5.74) is 5.93. The lowest BCUT2D eigenvalue weighted by Crippen LogP contribution is -1.94. The number of thioether (sulfide) groups is 1. The van der Waals surface area contributed by atoms with E-state index in [1.165, 1.54) is 11.1 Å². The van der Waals surface area contributed by atoms with Crippen molar-refractivity contribution >= 4 is 23.8 Å². The Morgan fingerprint density at radius 3 is 2.14 bits per heavy atom. The van der Waals surface area contributed by atoms with Crippen molar-refractivity contribution in [3.63, 3.8) is 0 Å². The Bertz CT molecular complexity index is 980. The molecule has 0 bridgehead atoms. The zero-order valence-corrected chi connectivity index (χ0v) is 17.8. The van der Waals surface area contributed by atoms with E-state index in [-0.39, 0.29) is 0 Å². The molecule has 3 aromatic rings. The molecule has 2 aromatic carbocycles. The van der Waals surface area contributed by atoms with Gasteiger partial charge in [-0.05, 0) is 28.5 Å². The first kappa shape index (κ1) is 19.0. The number of fused-ring (bicyclic) bond motifs is 1. The second-order valence-corrected chi connectivity index (χ2v) is 8.99. The maximum absolute atomic E-state index is 4.90. The monoisotopic (exact) mass is 389 g/mol. The topological polar surface area (TPSA) is 30.2 Å². The molecular formula is C24H27N3S. The van der Waals surface area contributed by atoms with Gasteiger partial charge in [-0.1, -0.05) is 88.0 Å². The third-order valence-corrected chi connectivity index (χ3v) is 6.20. The summed E-state index contributed by atoms with van der Waals surface area (Å²) in [4.78, 5) is 9.78. The zero-order valence-electron chi connectivity index (χ0n) is 17.0. The molecule has 0 radical (unpaired) electrons. The summed E-state index contributed by atoms with van der Waals surface area (Å²) >= 11 is 1.81. The van der Waals surface area contributed by atoms with Gasteiger partial charge in [0.15, 0.2) is 11.0 Å². The van der Waals surface area contributed by atoms with Gasteiger partial charge < -0.3 is 4.57 Å². The molecule has 0 amide bonds. The quantitative estimate of drug-likeness (QED) is 0.457. The number of hydrogen-bond donors (Lipinski definition) is 0. The number of hydrogen-bond acceptors (Lipinski definition) is 3. The molecule has 0 fully saturated rings. The van der Waals surface area contributed by atoms with Crippen molar-refractivity contribution in [2.45, 2.75) is 51.2 Å². The molecule has 4 heteroatoms. The number of aliphatic imine (C=N–C) groups is 1. The van der Waals surface area contributed by atoms with Gasteiger partial charge in [0, 0.05) is 24.1 Å². The molecule has 0 aliphatic carbocycles. The number of nitrogens with zero attached hydrogens (tertiary/aromatic N) is 3. The van der Waals surface area contributed by atoms with Gasteiger partial charge in [0.1, 0.15) is 5.69 Å². The lowest BCUT2D eigenvalue weighted by Gasteiger charge is -2.07. The molecule has 0 atom stereocenters. The highest BCUT2D eigenvalue weighted by Gasteiger charge is 2.22. The fraction of sp³-hybridized carbons (Fsp3) is 0.333. The van der Waals surface area contributed by atoms with Crippen molar-refractivity contribution in [1.29, 1.82) is 0 Å². The molecule has 0 saturated heterocycles. The molecule has 1 aliphatic heterocycles. The minimum Gasteiger partial charge on any atom is -0.303 e. The maximum atomic E-state index is 4.90. The third-order valence-electron chi connectivity index (χ3n) is 5.24. The predicted molar refractivity (Wildman–Crippen MR) is 120 cm³/mol. The van der Waals surface area contributed by atoms with Crippen molar-refractivity contribution in [2.75, 3.05) is 5.75 Å². The standard InChI is InChI=1S/C24H27N3S/c1-16(2)19-7-5-18(6-8-19)15-25-23-22(26-24-27(23)13-14-28-24)21-11-9-20(10-12-21)17(3)4/h5-12,15-17H,13-14H2,1-4H3. The van der Waals surface area contributed by atoms with Crippen molar-refractivity contribution < 1.29 is 0 Å². The van der Waals surface area contributed by atoms with Crippen LogP contribution in [0.4, 0.5) is 5.82 Å². The van der Waals surface area contributed by atoms with Gasteiger partial charge in [-0.3, -0.25) is 0 Å². The van der Waals surface area contributed by atoms with E-state index >= 15 is 0 Å². The van der Waals surface area contributed by atoms with Crippen LogP contribution in [0.2, 0.25) is 0 Å². The number of aromatic nitrogens is 2. The van der Waals surface area contributed by atoms with Gasteiger partial charge in [-0.15, -0.1) is 0 Å². The van der Waals surface area contributed by atoms with E-state index in [1.54, 1.807) is 0 Å². The summed E-state index contributed by atoms with van der Waals surface area (Å²) in [6.45, 7) is 9.84. The molecule has 0 spiro atoms. The van der Waals surface area contributed by atoms with Gasteiger partial charge in [0.2, 0.25) is 0 Å². The van der Waals surface area contributed by atoms with Crippen molar-refractivity contribution in [3.8, 4) is 11.3 Å². The number of rotatable bonds is 5. The fourth-order valence-corrected chi connectivity index (χ4v) is 4.36. The van der Waals surface area contributed by atoms with Crippen LogP contribution in [0.5, 0.6) is 0 Å². The molecule has 4 rings (SSSR count). The Morgan fingerprint density at radius 1 is 0.929 bits per heavy atom. The third kappa shape index (κ3) is 3.79. The Balaban J connectivity index is 1.68. The minimum absolute atomic E-state index is 0.530. The molecule has 1 aromatic heterocycles. The second kappa shape index (κ2) is 7.96. The van der Waals surface area contributed by atoms with Crippen LogP contribution in [0.1, 0.15) is 56.2 Å². The molecule has 2 heterocycles. The van der Waals surface area contributed by atoms with Gasteiger partial charge in [0.05, 0.1) is 0 Å². The maximum Gasteiger partial charge on any atom is 0.170 e. The van der Waals surface area contributed by atoms with Gasteiger partial charge in [0.25, 0.3) is 0 Å². The Kier molecular flexibility index (Phi) is 5.40. The smallest absolute Gasteiger partial charge is 0.170 e. The van der Waals surface area contributed by atoms with Crippen LogP contribution in [0.15, 0.2) is 58.7 Å². The Labute approximate surface area is 171 Å². The zero-order chi connectivity index (χ0) is 19.7. The molecule has 0 N–H and O–H groups in total. The van der Waals surface area contributed by atoms with E-state index < -0.39 is 0 Å². The molecule has 3 nitrogen and oxygen atoms in total. The Morgan fingerprint density at radius 2 is 1.54 bits per heavy atom. The van der Waals surface area contributed by atoms with Crippen LogP contribution >= 0.6 is 11.8 Å². The molecule has 28 heavy (non-hydrogen) atoms. The highest BCUT2D eigenvalue weighted by atomic mass is 32.2. The van der Waals surface area contributed by atoms with Crippen LogP contribution in [-0.4, -0.2) is 21.5 Å². The average Bonchev–Trinajstić information content (AvgIpc) is 3.28. The highest BCUT2D eigenvalue weighted by molar-refractivity contribution is 7.99. The second-order valence-electron chi connectivity index (χ2n) is 7.92. The van der Waals surface area contributed by atoms with Gasteiger partial charge in [-0.25, -0.2) is 9.98 Å². The first-order valence-corrected chi connectivity index (χ1v) is 11.0. The van der Waals surface area contributed by atoms with Crippen LogP contribution in [0, 0.1) is 0 Å². The van der Waals surface area contributed by atoms with E-state index in [0.29, 0.717) is 11.8 Å². The van der Waals surface area contributed by atoms with Crippen molar-refractivity contribution in [2.24, 2.45) is 4.99 Å². The average molecular weight is 390 g/mol. The van der Waals surface area contributed by atoms with E-state index in [4.69, 9.17) is 9.98 Å². The van der Waals surface area contributed by atoms with Crippen LogP contribution < -0.4 is 0 Å². The van der Waals surface area contributed by atoms with Crippen molar-refractivity contribution in [1.82, 2.24) is 9.55 Å². The van der Waals surface area contributed by atoms with Crippen LogP contribution in [0.3, 0.4) is 0 Å². The lowest BCUT2D eigenvalue weighted by atomic mass is 10.0. The first-order valence-electron chi connectivity index (χ1n) is 10.0.